The van der Waals surface area contributed by atoms with Gasteiger partial charge in [-0.2, -0.15) is 0 Å². The monoisotopic (exact) mass is 262 g/mol. The molecular formula is C16H22O3. The fourth-order valence-electron chi connectivity index (χ4n) is 1.66. The summed E-state index contributed by atoms with van der Waals surface area (Å²) in [6, 6.07) is 10.0. The van der Waals surface area contributed by atoms with Gasteiger partial charge in [-0.1, -0.05) is 49.4 Å². The SMILES string of the molecule is CCOC(=O)CC(C)C=CCOCc1ccccc1. The van der Waals surface area contributed by atoms with Crippen LogP contribution in [0.1, 0.15) is 25.8 Å². The quantitative estimate of drug-likeness (QED) is 0.409. The van der Waals surface area contributed by atoms with Gasteiger partial charge < -0.3 is 9.47 Å². The van der Waals surface area contributed by atoms with E-state index in [4.69, 9.17) is 9.47 Å². The summed E-state index contributed by atoms with van der Waals surface area (Å²) in [6.45, 7) is 5.41. The van der Waals surface area contributed by atoms with E-state index < -0.39 is 0 Å². The van der Waals surface area contributed by atoms with Gasteiger partial charge >= 0.3 is 5.97 Å². The summed E-state index contributed by atoms with van der Waals surface area (Å²) in [5, 5.41) is 0. The lowest BCUT2D eigenvalue weighted by Gasteiger charge is -2.05. The van der Waals surface area contributed by atoms with Gasteiger partial charge in [0.25, 0.3) is 0 Å². The minimum Gasteiger partial charge on any atom is -0.466 e. The van der Waals surface area contributed by atoms with Crippen molar-refractivity contribution in [2.24, 2.45) is 5.92 Å². The Morgan fingerprint density at radius 3 is 2.74 bits per heavy atom. The van der Waals surface area contributed by atoms with Gasteiger partial charge in [-0.3, -0.25) is 4.79 Å². The van der Waals surface area contributed by atoms with Crippen LogP contribution in [0.3, 0.4) is 0 Å². The molecule has 3 nitrogen and oxygen atoms in total. The van der Waals surface area contributed by atoms with E-state index in [1.807, 2.05) is 56.3 Å². The number of ether oxygens (including phenoxy) is 2. The molecule has 0 N–H and O–H groups in total. The first kappa shape index (κ1) is 15.4. The molecule has 1 unspecified atom stereocenters. The number of allylic oxidation sites excluding steroid dienone is 1. The lowest BCUT2D eigenvalue weighted by molar-refractivity contribution is -0.143. The summed E-state index contributed by atoms with van der Waals surface area (Å²) in [5.41, 5.74) is 1.16. The first-order chi connectivity index (χ1) is 9.22. The Bertz CT molecular complexity index is 384. The van der Waals surface area contributed by atoms with Crippen LogP contribution in [0.15, 0.2) is 42.5 Å². The summed E-state index contributed by atoms with van der Waals surface area (Å²) in [5.74, 6) is 0.0317. The van der Waals surface area contributed by atoms with E-state index in [1.165, 1.54) is 0 Å². The molecule has 0 saturated heterocycles. The van der Waals surface area contributed by atoms with E-state index in [0.717, 1.165) is 5.56 Å². The molecule has 0 fully saturated rings. The molecule has 3 heteroatoms. The zero-order valence-electron chi connectivity index (χ0n) is 11.7. The van der Waals surface area contributed by atoms with Crippen molar-refractivity contribution in [3.05, 3.63) is 48.0 Å². The van der Waals surface area contributed by atoms with Crippen LogP contribution in [0.5, 0.6) is 0 Å². The van der Waals surface area contributed by atoms with E-state index in [2.05, 4.69) is 0 Å². The van der Waals surface area contributed by atoms with Crippen molar-refractivity contribution < 1.29 is 14.3 Å². The van der Waals surface area contributed by atoms with Crippen LogP contribution in [0, 0.1) is 5.92 Å². The Morgan fingerprint density at radius 1 is 1.32 bits per heavy atom. The summed E-state index contributed by atoms with van der Waals surface area (Å²) < 4.78 is 10.4. The fraction of sp³-hybridized carbons (Fsp3) is 0.438. The number of rotatable bonds is 8. The second kappa shape index (κ2) is 9.34. The summed E-state index contributed by atoms with van der Waals surface area (Å²) >= 11 is 0. The number of hydrogen-bond donors (Lipinski definition) is 0. The van der Waals surface area contributed by atoms with Crippen LogP contribution in [-0.4, -0.2) is 19.2 Å². The zero-order valence-corrected chi connectivity index (χ0v) is 11.7. The molecule has 0 spiro atoms. The second-order valence-corrected chi connectivity index (χ2v) is 4.42. The molecular weight excluding hydrogens is 240 g/mol. The van der Waals surface area contributed by atoms with Gasteiger partial charge in [-0.15, -0.1) is 0 Å². The summed E-state index contributed by atoms with van der Waals surface area (Å²) in [6.07, 6.45) is 4.36. The standard InChI is InChI=1S/C16H22O3/c1-3-19-16(17)12-14(2)8-7-11-18-13-15-9-5-4-6-10-15/h4-10,14H,3,11-13H2,1-2H3. The fourth-order valence-corrected chi connectivity index (χ4v) is 1.66. The number of esters is 1. The Hall–Kier alpha value is -1.61. The lowest BCUT2D eigenvalue weighted by Crippen LogP contribution is -2.07. The Balaban J connectivity index is 2.14. The van der Waals surface area contributed by atoms with Crippen molar-refractivity contribution in [3.8, 4) is 0 Å². The maximum Gasteiger partial charge on any atom is 0.306 e. The average Bonchev–Trinajstić information content (AvgIpc) is 2.39. The molecule has 0 radical (unpaired) electrons. The van der Waals surface area contributed by atoms with Crippen LogP contribution >= 0.6 is 0 Å². The second-order valence-electron chi connectivity index (χ2n) is 4.42. The number of benzene rings is 1. The first-order valence-corrected chi connectivity index (χ1v) is 6.66. The van der Waals surface area contributed by atoms with Crippen LogP contribution < -0.4 is 0 Å². The molecule has 0 saturated carbocycles. The zero-order chi connectivity index (χ0) is 13.9. The van der Waals surface area contributed by atoms with Gasteiger partial charge in [0.1, 0.15) is 0 Å². The molecule has 1 aromatic carbocycles. The third kappa shape index (κ3) is 7.42. The molecule has 0 aromatic heterocycles. The molecule has 1 atom stereocenters. The molecule has 0 amide bonds. The number of carbonyl (C=O) groups is 1. The van der Waals surface area contributed by atoms with E-state index in [9.17, 15) is 4.79 Å². The van der Waals surface area contributed by atoms with Crippen molar-refractivity contribution in [2.45, 2.75) is 26.9 Å². The highest BCUT2D eigenvalue weighted by atomic mass is 16.5. The Kier molecular flexibility index (Phi) is 7.59. The van der Waals surface area contributed by atoms with Gasteiger partial charge in [-0.25, -0.2) is 0 Å². The van der Waals surface area contributed by atoms with Crippen molar-refractivity contribution >= 4 is 5.97 Å². The van der Waals surface area contributed by atoms with E-state index in [-0.39, 0.29) is 11.9 Å². The Morgan fingerprint density at radius 2 is 2.05 bits per heavy atom. The normalized spacial score (nSPS) is 12.5. The Labute approximate surface area is 115 Å². The maximum absolute atomic E-state index is 11.2. The highest BCUT2D eigenvalue weighted by molar-refractivity contribution is 5.69. The molecule has 0 bridgehead atoms. The molecule has 19 heavy (non-hydrogen) atoms. The van der Waals surface area contributed by atoms with Crippen LogP contribution in [0.4, 0.5) is 0 Å². The minimum atomic E-state index is -0.148. The molecule has 1 rings (SSSR count). The molecule has 0 heterocycles. The molecule has 104 valence electrons. The van der Waals surface area contributed by atoms with Crippen molar-refractivity contribution in [3.63, 3.8) is 0 Å². The van der Waals surface area contributed by atoms with Gasteiger partial charge in [0, 0.05) is 0 Å². The lowest BCUT2D eigenvalue weighted by atomic mass is 10.1. The van der Waals surface area contributed by atoms with E-state index in [0.29, 0.717) is 26.2 Å². The van der Waals surface area contributed by atoms with Crippen LogP contribution in [0.25, 0.3) is 0 Å². The highest BCUT2D eigenvalue weighted by Crippen LogP contribution is 2.05. The van der Waals surface area contributed by atoms with Crippen molar-refractivity contribution in [2.75, 3.05) is 13.2 Å². The summed E-state index contributed by atoms with van der Waals surface area (Å²) in [4.78, 5) is 11.2. The predicted molar refractivity (Wildman–Crippen MR) is 75.7 cm³/mol. The topological polar surface area (TPSA) is 35.5 Å². The average molecular weight is 262 g/mol. The smallest absolute Gasteiger partial charge is 0.306 e. The van der Waals surface area contributed by atoms with Gasteiger partial charge in [0.2, 0.25) is 0 Å². The minimum absolute atomic E-state index is 0.148. The largest absolute Gasteiger partial charge is 0.466 e. The van der Waals surface area contributed by atoms with Crippen molar-refractivity contribution in [1.29, 1.82) is 0 Å². The van der Waals surface area contributed by atoms with E-state index >= 15 is 0 Å². The van der Waals surface area contributed by atoms with E-state index in [1.54, 1.807) is 0 Å². The number of carbonyl (C=O) groups excluding carboxylic acids is 1. The number of hydrogen-bond acceptors (Lipinski definition) is 3. The third-order valence-electron chi connectivity index (χ3n) is 2.58. The van der Waals surface area contributed by atoms with Crippen LogP contribution in [-0.2, 0) is 20.9 Å². The van der Waals surface area contributed by atoms with Gasteiger partial charge in [0.15, 0.2) is 0 Å². The first-order valence-electron chi connectivity index (χ1n) is 6.66. The van der Waals surface area contributed by atoms with Gasteiger partial charge in [0.05, 0.1) is 26.2 Å². The highest BCUT2D eigenvalue weighted by Gasteiger charge is 2.06. The van der Waals surface area contributed by atoms with Gasteiger partial charge in [-0.05, 0) is 18.4 Å². The molecule has 0 aliphatic rings. The van der Waals surface area contributed by atoms with Crippen LogP contribution in [0.2, 0.25) is 0 Å². The summed E-state index contributed by atoms with van der Waals surface area (Å²) in [7, 11) is 0. The van der Waals surface area contributed by atoms with Crippen molar-refractivity contribution in [1.82, 2.24) is 0 Å². The molecule has 0 aliphatic carbocycles. The maximum atomic E-state index is 11.2. The molecule has 0 aliphatic heterocycles. The molecule has 1 aromatic rings. The third-order valence-corrected chi connectivity index (χ3v) is 2.58. The predicted octanol–water partition coefficient (Wildman–Crippen LogP) is 3.35.